The van der Waals surface area contributed by atoms with Gasteiger partial charge in [0.05, 0.1) is 5.56 Å². The molecule has 2 aromatic rings. The monoisotopic (exact) mass is 370 g/mol. The highest BCUT2D eigenvalue weighted by molar-refractivity contribution is 5.95. The summed E-state index contributed by atoms with van der Waals surface area (Å²) in [5.41, 5.74) is 1.45. The summed E-state index contributed by atoms with van der Waals surface area (Å²) >= 11 is 0. The van der Waals surface area contributed by atoms with Crippen LogP contribution in [0, 0.1) is 17.6 Å². The Kier molecular flexibility index (Phi) is 5.21. The number of hydrogen-bond donors (Lipinski definition) is 1. The minimum atomic E-state index is -0.532. The molecule has 0 atom stereocenters. The highest BCUT2D eigenvalue weighted by atomic mass is 19.1. The lowest BCUT2D eigenvalue weighted by molar-refractivity contribution is 0.0700. The minimum absolute atomic E-state index is 0.102. The maximum Gasteiger partial charge on any atom is 0.256 e. The van der Waals surface area contributed by atoms with Crippen molar-refractivity contribution in [3.63, 3.8) is 0 Å². The zero-order chi connectivity index (χ0) is 18.8. The van der Waals surface area contributed by atoms with Crippen LogP contribution in [0.3, 0.4) is 0 Å². The molecule has 0 spiro atoms. The second kappa shape index (κ2) is 7.77. The maximum absolute atomic E-state index is 14.6. The summed E-state index contributed by atoms with van der Waals surface area (Å²) in [6, 6.07) is 10.9. The summed E-state index contributed by atoms with van der Waals surface area (Å²) in [6.45, 7) is 2.39. The highest BCUT2D eigenvalue weighted by Crippen LogP contribution is 2.28. The van der Waals surface area contributed by atoms with Crippen molar-refractivity contribution in [2.24, 2.45) is 5.92 Å². The summed E-state index contributed by atoms with van der Waals surface area (Å²) in [7, 11) is 0. The molecule has 2 aliphatic rings. The van der Waals surface area contributed by atoms with Crippen LogP contribution in [0.1, 0.15) is 36.0 Å². The standard InChI is InChI=1S/C22H24F2N2O/c23-18-6-3-16(4-7-18)17-5-8-20(21(24)13-17)22(27)26-11-9-19(10-12-26)25-14-15-1-2-15/h3-8,13,15,19,25H,1-2,9-12,14H2. The molecule has 1 saturated heterocycles. The molecule has 0 aromatic heterocycles. The molecule has 5 heteroatoms. The molecule has 1 N–H and O–H groups in total. The van der Waals surface area contributed by atoms with Gasteiger partial charge in [-0.1, -0.05) is 18.2 Å². The van der Waals surface area contributed by atoms with Gasteiger partial charge in [0.1, 0.15) is 11.6 Å². The molecule has 1 amide bonds. The molecule has 3 nitrogen and oxygen atoms in total. The van der Waals surface area contributed by atoms with E-state index in [1.165, 1.54) is 37.1 Å². The SMILES string of the molecule is O=C(c1ccc(-c2ccc(F)cc2)cc1F)N1CCC(NCC2CC2)CC1. The zero-order valence-electron chi connectivity index (χ0n) is 15.3. The predicted octanol–water partition coefficient (Wildman–Crippen LogP) is 4.24. The number of nitrogens with one attached hydrogen (secondary N) is 1. The molecule has 1 aliphatic heterocycles. The number of nitrogens with zero attached hydrogens (tertiary/aromatic N) is 1. The first-order valence-electron chi connectivity index (χ1n) is 9.68. The van der Waals surface area contributed by atoms with Crippen LogP contribution in [0.25, 0.3) is 11.1 Å². The van der Waals surface area contributed by atoms with Crippen molar-refractivity contribution in [2.45, 2.75) is 31.7 Å². The molecule has 4 rings (SSSR count). The van der Waals surface area contributed by atoms with E-state index in [0.717, 1.165) is 30.9 Å². The van der Waals surface area contributed by atoms with Gasteiger partial charge in [-0.25, -0.2) is 8.78 Å². The quantitative estimate of drug-likeness (QED) is 0.854. The number of rotatable bonds is 5. The van der Waals surface area contributed by atoms with E-state index in [9.17, 15) is 13.6 Å². The largest absolute Gasteiger partial charge is 0.338 e. The van der Waals surface area contributed by atoms with Gasteiger partial charge in [0.25, 0.3) is 5.91 Å². The van der Waals surface area contributed by atoms with Crippen LogP contribution in [0.2, 0.25) is 0 Å². The van der Waals surface area contributed by atoms with Crippen molar-refractivity contribution in [3.8, 4) is 11.1 Å². The van der Waals surface area contributed by atoms with E-state index in [1.54, 1.807) is 23.1 Å². The molecule has 1 aliphatic carbocycles. The van der Waals surface area contributed by atoms with Gasteiger partial charge in [0.15, 0.2) is 0 Å². The molecular formula is C22H24F2N2O. The number of carbonyl (C=O) groups excluding carboxylic acids is 1. The van der Waals surface area contributed by atoms with E-state index in [0.29, 0.717) is 24.7 Å². The van der Waals surface area contributed by atoms with E-state index in [-0.39, 0.29) is 17.3 Å². The van der Waals surface area contributed by atoms with Crippen molar-refractivity contribution in [2.75, 3.05) is 19.6 Å². The summed E-state index contributed by atoms with van der Waals surface area (Å²) in [5.74, 6) is -0.269. The Balaban J connectivity index is 1.39. The van der Waals surface area contributed by atoms with Gasteiger partial charge in [-0.3, -0.25) is 4.79 Å². The zero-order valence-corrected chi connectivity index (χ0v) is 15.3. The number of benzene rings is 2. The first-order valence-corrected chi connectivity index (χ1v) is 9.68. The fourth-order valence-electron chi connectivity index (χ4n) is 3.62. The van der Waals surface area contributed by atoms with Gasteiger partial charge >= 0.3 is 0 Å². The van der Waals surface area contributed by atoms with E-state index in [1.807, 2.05) is 0 Å². The molecule has 0 unspecified atom stereocenters. The van der Waals surface area contributed by atoms with Crippen LogP contribution in [0.15, 0.2) is 42.5 Å². The molecule has 27 heavy (non-hydrogen) atoms. The van der Waals surface area contributed by atoms with Crippen LogP contribution in [0.5, 0.6) is 0 Å². The predicted molar refractivity (Wildman–Crippen MR) is 101 cm³/mol. The van der Waals surface area contributed by atoms with Gasteiger partial charge < -0.3 is 10.2 Å². The van der Waals surface area contributed by atoms with E-state index in [2.05, 4.69) is 5.32 Å². The lowest BCUT2D eigenvalue weighted by atomic mass is 10.0. The summed E-state index contributed by atoms with van der Waals surface area (Å²) < 4.78 is 27.6. The topological polar surface area (TPSA) is 32.3 Å². The van der Waals surface area contributed by atoms with Crippen LogP contribution in [0.4, 0.5) is 8.78 Å². The third-order valence-corrected chi connectivity index (χ3v) is 5.55. The molecule has 1 heterocycles. The smallest absolute Gasteiger partial charge is 0.256 e. The molecule has 0 bridgehead atoms. The summed E-state index contributed by atoms with van der Waals surface area (Å²) in [4.78, 5) is 14.5. The van der Waals surface area contributed by atoms with Gasteiger partial charge in [-0.05, 0) is 73.5 Å². The van der Waals surface area contributed by atoms with Crippen LogP contribution in [-0.2, 0) is 0 Å². The Morgan fingerprint density at radius 2 is 1.63 bits per heavy atom. The number of amides is 1. The Bertz CT molecular complexity index is 810. The minimum Gasteiger partial charge on any atom is -0.338 e. The van der Waals surface area contributed by atoms with Gasteiger partial charge in [-0.2, -0.15) is 0 Å². The fourth-order valence-corrected chi connectivity index (χ4v) is 3.62. The highest BCUT2D eigenvalue weighted by Gasteiger charge is 2.27. The van der Waals surface area contributed by atoms with Gasteiger partial charge in [0, 0.05) is 19.1 Å². The summed E-state index contributed by atoms with van der Waals surface area (Å²) in [5, 5.41) is 3.59. The van der Waals surface area contributed by atoms with Crippen LogP contribution >= 0.6 is 0 Å². The Morgan fingerprint density at radius 3 is 2.26 bits per heavy atom. The van der Waals surface area contributed by atoms with Gasteiger partial charge in [-0.15, -0.1) is 0 Å². The van der Waals surface area contributed by atoms with Crippen molar-refractivity contribution in [1.29, 1.82) is 0 Å². The first-order chi connectivity index (χ1) is 13.1. The summed E-state index contributed by atoms with van der Waals surface area (Å²) in [6.07, 6.45) is 4.48. The second-order valence-electron chi connectivity index (χ2n) is 7.62. The lowest BCUT2D eigenvalue weighted by Crippen LogP contribution is -2.45. The Labute approximate surface area is 158 Å². The van der Waals surface area contributed by atoms with E-state index in [4.69, 9.17) is 0 Å². The van der Waals surface area contributed by atoms with Crippen LogP contribution in [-0.4, -0.2) is 36.5 Å². The molecule has 0 radical (unpaired) electrons. The second-order valence-corrected chi connectivity index (χ2v) is 7.62. The normalized spacial score (nSPS) is 17.9. The molecule has 2 aromatic carbocycles. The first kappa shape index (κ1) is 18.1. The van der Waals surface area contributed by atoms with Crippen molar-refractivity contribution >= 4 is 5.91 Å². The molecule has 142 valence electrons. The van der Waals surface area contributed by atoms with Crippen molar-refractivity contribution in [1.82, 2.24) is 10.2 Å². The molecular weight excluding hydrogens is 346 g/mol. The van der Waals surface area contributed by atoms with E-state index < -0.39 is 5.82 Å². The number of likely N-dealkylation sites (tertiary alicyclic amines) is 1. The average Bonchev–Trinajstić information content (AvgIpc) is 3.51. The maximum atomic E-state index is 14.6. The van der Waals surface area contributed by atoms with Crippen molar-refractivity contribution in [3.05, 3.63) is 59.7 Å². The van der Waals surface area contributed by atoms with E-state index >= 15 is 0 Å². The van der Waals surface area contributed by atoms with Gasteiger partial charge in [0.2, 0.25) is 0 Å². The number of halogens is 2. The third kappa shape index (κ3) is 4.35. The third-order valence-electron chi connectivity index (χ3n) is 5.55. The lowest BCUT2D eigenvalue weighted by Gasteiger charge is -2.32. The Morgan fingerprint density at radius 1 is 0.963 bits per heavy atom. The average molecular weight is 370 g/mol. The van der Waals surface area contributed by atoms with Crippen LogP contribution < -0.4 is 5.32 Å². The number of carbonyl (C=O) groups is 1. The Hall–Kier alpha value is -2.27. The number of hydrogen-bond acceptors (Lipinski definition) is 2. The number of piperidine rings is 1. The van der Waals surface area contributed by atoms with Crippen molar-refractivity contribution < 1.29 is 13.6 Å². The molecule has 1 saturated carbocycles. The fraction of sp³-hybridized carbons (Fsp3) is 0.409. The molecule has 2 fully saturated rings.